The lowest BCUT2D eigenvalue weighted by Crippen LogP contribution is -2.47. The van der Waals surface area contributed by atoms with Crippen molar-refractivity contribution in [1.82, 2.24) is 4.90 Å². The van der Waals surface area contributed by atoms with Crippen LogP contribution >= 0.6 is 0 Å². The standard InChI is InChI=1S/C11H15NO4/c1-11(2,3)16-10(14)12-6-4-5(9(12)13)7-8(6)15-7/h5-8H,4H2,1-3H3/t5-,6+,7-,8+/m0/s1. The number of ether oxygens (including phenoxy) is 2. The number of likely N-dealkylation sites (tertiary alicyclic amines) is 1. The van der Waals surface area contributed by atoms with Crippen LogP contribution in [0.2, 0.25) is 0 Å². The first kappa shape index (κ1) is 10.1. The number of imide groups is 1. The molecule has 2 heterocycles. The lowest BCUT2D eigenvalue weighted by Gasteiger charge is -2.27. The molecule has 5 heteroatoms. The Morgan fingerprint density at radius 2 is 2.12 bits per heavy atom. The summed E-state index contributed by atoms with van der Waals surface area (Å²) in [7, 11) is 0. The van der Waals surface area contributed by atoms with E-state index in [1.54, 1.807) is 20.8 Å². The average molecular weight is 225 g/mol. The van der Waals surface area contributed by atoms with Gasteiger partial charge in [-0.15, -0.1) is 0 Å². The molecule has 0 unspecified atom stereocenters. The van der Waals surface area contributed by atoms with Crippen LogP contribution in [0.15, 0.2) is 0 Å². The van der Waals surface area contributed by atoms with Crippen molar-refractivity contribution in [1.29, 1.82) is 0 Å². The first-order valence-corrected chi connectivity index (χ1v) is 5.60. The minimum absolute atomic E-state index is 0.0789. The van der Waals surface area contributed by atoms with E-state index in [1.807, 2.05) is 0 Å². The van der Waals surface area contributed by atoms with Crippen LogP contribution in [0.3, 0.4) is 0 Å². The van der Waals surface area contributed by atoms with Gasteiger partial charge in [-0.05, 0) is 27.2 Å². The third-order valence-corrected chi connectivity index (χ3v) is 3.31. The number of fused-ring (bicyclic) bond motifs is 5. The van der Waals surface area contributed by atoms with Crippen molar-refractivity contribution in [2.24, 2.45) is 5.92 Å². The molecule has 0 aromatic heterocycles. The lowest BCUT2D eigenvalue weighted by molar-refractivity contribution is -0.132. The number of hydrogen-bond donors (Lipinski definition) is 0. The van der Waals surface area contributed by atoms with Crippen LogP contribution in [0.5, 0.6) is 0 Å². The summed E-state index contributed by atoms with van der Waals surface area (Å²) in [4.78, 5) is 25.0. The molecule has 3 fully saturated rings. The van der Waals surface area contributed by atoms with Gasteiger partial charge in [0, 0.05) is 0 Å². The third-order valence-electron chi connectivity index (χ3n) is 3.31. The lowest BCUT2D eigenvalue weighted by atomic mass is 10.1. The monoisotopic (exact) mass is 225 g/mol. The second-order valence-corrected chi connectivity index (χ2v) is 5.66. The Bertz CT molecular complexity index is 373. The Hall–Kier alpha value is -1.10. The van der Waals surface area contributed by atoms with E-state index in [0.29, 0.717) is 0 Å². The molecule has 16 heavy (non-hydrogen) atoms. The van der Waals surface area contributed by atoms with Gasteiger partial charge in [0.1, 0.15) is 11.7 Å². The largest absolute Gasteiger partial charge is 0.443 e. The number of piperidine rings is 1. The molecule has 2 amide bonds. The summed E-state index contributed by atoms with van der Waals surface area (Å²) in [5.74, 6) is -0.236. The van der Waals surface area contributed by atoms with Gasteiger partial charge in [-0.2, -0.15) is 0 Å². The number of hydrogen-bond acceptors (Lipinski definition) is 4. The predicted molar refractivity (Wildman–Crippen MR) is 53.6 cm³/mol. The van der Waals surface area contributed by atoms with Crippen molar-refractivity contribution in [3.8, 4) is 0 Å². The molecular weight excluding hydrogens is 210 g/mol. The molecule has 4 atom stereocenters. The van der Waals surface area contributed by atoms with Crippen LogP contribution < -0.4 is 0 Å². The molecule has 0 aromatic carbocycles. The summed E-state index contributed by atoms with van der Waals surface area (Å²) in [6.07, 6.45) is 0.373. The fourth-order valence-corrected chi connectivity index (χ4v) is 2.67. The van der Waals surface area contributed by atoms with E-state index in [-0.39, 0.29) is 30.1 Å². The van der Waals surface area contributed by atoms with Gasteiger partial charge in [-0.1, -0.05) is 0 Å². The highest BCUT2D eigenvalue weighted by molar-refractivity contribution is 5.97. The molecule has 2 aliphatic heterocycles. The summed E-state index contributed by atoms with van der Waals surface area (Å²) in [5, 5.41) is 0. The molecular formula is C11H15NO4. The topological polar surface area (TPSA) is 59.1 Å². The van der Waals surface area contributed by atoms with E-state index in [4.69, 9.17) is 9.47 Å². The summed E-state index contributed by atoms with van der Waals surface area (Å²) in [6.45, 7) is 5.38. The van der Waals surface area contributed by atoms with Crippen LogP contribution in [-0.2, 0) is 14.3 Å². The highest BCUT2D eigenvalue weighted by atomic mass is 16.6. The second-order valence-electron chi connectivity index (χ2n) is 5.66. The Balaban J connectivity index is 1.76. The van der Waals surface area contributed by atoms with Crippen molar-refractivity contribution < 1.29 is 19.1 Å². The van der Waals surface area contributed by atoms with E-state index in [2.05, 4.69) is 0 Å². The molecule has 2 saturated heterocycles. The van der Waals surface area contributed by atoms with Gasteiger partial charge in [0.2, 0.25) is 5.91 Å². The molecule has 1 saturated carbocycles. The SMILES string of the molecule is CC(C)(C)OC(=O)N1C(=O)[C@H]2C[C@@H]1[C@H]1O[C@H]12. The quantitative estimate of drug-likeness (QED) is 0.575. The van der Waals surface area contributed by atoms with Gasteiger partial charge in [-0.25, -0.2) is 9.69 Å². The Morgan fingerprint density at radius 1 is 1.44 bits per heavy atom. The summed E-state index contributed by atoms with van der Waals surface area (Å²) < 4.78 is 10.6. The van der Waals surface area contributed by atoms with Gasteiger partial charge >= 0.3 is 6.09 Å². The van der Waals surface area contributed by atoms with Gasteiger partial charge in [0.15, 0.2) is 0 Å². The van der Waals surface area contributed by atoms with E-state index in [0.717, 1.165) is 6.42 Å². The highest BCUT2D eigenvalue weighted by Gasteiger charge is 2.68. The number of amides is 2. The average Bonchev–Trinajstić information content (AvgIpc) is 2.74. The molecule has 0 N–H and O–H groups in total. The predicted octanol–water partition coefficient (Wildman–Crippen LogP) is 0.920. The van der Waals surface area contributed by atoms with Crippen LogP contribution in [0.4, 0.5) is 4.79 Å². The van der Waals surface area contributed by atoms with Crippen molar-refractivity contribution in [3.05, 3.63) is 0 Å². The summed E-state index contributed by atoms with van der Waals surface area (Å²) >= 11 is 0. The first-order valence-electron chi connectivity index (χ1n) is 5.60. The molecule has 1 aliphatic carbocycles. The fraction of sp³-hybridized carbons (Fsp3) is 0.818. The number of nitrogens with zero attached hydrogens (tertiary/aromatic N) is 1. The van der Waals surface area contributed by atoms with E-state index in [1.165, 1.54) is 4.90 Å². The molecule has 88 valence electrons. The molecule has 0 aromatic rings. The molecule has 0 radical (unpaired) electrons. The van der Waals surface area contributed by atoms with E-state index >= 15 is 0 Å². The maximum absolute atomic E-state index is 11.9. The number of epoxide rings is 1. The van der Waals surface area contributed by atoms with Crippen LogP contribution in [0.1, 0.15) is 27.2 Å². The Kier molecular flexibility index (Phi) is 1.74. The van der Waals surface area contributed by atoms with Gasteiger partial charge in [0.25, 0.3) is 0 Å². The fourth-order valence-electron chi connectivity index (χ4n) is 2.67. The Labute approximate surface area is 93.7 Å². The summed E-state index contributed by atoms with van der Waals surface area (Å²) in [5.41, 5.74) is -0.566. The van der Waals surface area contributed by atoms with Gasteiger partial charge in [-0.3, -0.25) is 4.79 Å². The number of carbonyl (C=O) groups excluding carboxylic acids is 2. The zero-order chi connectivity index (χ0) is 11.7. The summed E-state index contributed by atoms with van der Waals surface area (Å²) in [6, 6.07) is -0.0858. The van der Waals surface area contributed by atoms with E-state index in [9.17, 15) is 9.59 Å². The minimum atomic E-state index is -0.566. The van der Waals surface area contributed by atoms with Crippen LogP contribution in [0.25, 0.3) is 0 Å². The van der Waals surface area contributed by atoms with Crippen molar-refractivity contribution in [2.75, 3.05) is 0 Å². The maximum atomic E-state index is 11.9. The van der Waals surface area contributed by atoms with Crippen molar-refractivity contribution >= 4 is 12.0 Å². The van der Waals surface area contributed by atoms with Gasteiger partial charge < -0.3 is 9.47 Å². The van der Waals surface area contributed by atoms with Crippen molar-refractivity contribution in [2.45, 2.75) is 51.0 Å². The number of rotatable bonds is 0. The number of carbonyl (C=O) groups is 2. The molecule has 5 nitrogen and oxygen atoms in total. The second kappa shape index (κ2) is 2.77. The normalized spacial score (nSPS) is 39.9. The first-order chi connectivity index (χ1) is 7.38. The zero-order valence-electron chi connectivity index (χ0n) is 9.60. The molecule has 2 bridgehead atoms. The van der Waals surface area contributed by atoms with Crippen LogP contribution in [-0.4, -0.2) is 40.8 Å². The third kappa shape index (κ3) is 1.27. The molecule has 3 rings (SSSR count). The van der Waals surface area contributed by atoms with E-state index < -0.39 is 11.7 Å². The molecule has 0 spiro atoms. The molecule has 3 aliphatic rings. The minimum Gasteiger partial charge on any atom is -0.443 e. The Morgan fingerprint density at radius 3 is 2.69 bits per heavy atom. The highest BCUT2D eigenvalue weighted by Crippen LogP contribution is 2.51. The van der Waals surface area contributed by atoms with Crippen LogP contribution in [0, 0.1) is 5.92 Å². The van der Waals surface area contributed by atoms with Crippen molar-refractivity contribution in [3.63, 3.8) is 0 Å². The zero-order valence-corrected chi connectivity index (χ0v) is 9.60. The maximum Gasteiger partial charge on any atom is 0.417 e. The smallest absolute Gasteiger partial charge is 0.417 e. The van der Waals surface area contributed by atoms with Gasteiger partial charge in [0.05, 0.1) is 18.1 Å².